The smallest absolute Gasteiger partial charge is 0.276 e. The summed E-state index contributed by atoms with van der Waals surface area (Å²) in [4.78, 5) is 26.8. The molecule has 130 valence electrons. The van der Waals surface area contributed by atoms with Gasteiger partial charge in [0.2, 0.25) is 5.91 Å². The lowest BCUT2D eigenvalue weighted by Gasteiger charge is -2.39. The molecule has 0 saturated carbocycles. The minimum Gasteiger partial charge on any atom is -0.361 e. The Kier molecular flexibility index (Phi) is 3.82. The summed E-state index contributed by atoms with van der Waals surface area (Å²) in [5.41, 5.74) is 1.22. The highest BCUT2D eigenvalue weighted by atomic mass is 16.5. The molecule has 1 spiro atoms. The maximum atomic E-state index is 12.5. The largest absolute Gasteiger partial charge is 0.361 e. The lowest BCUT2D eigenvalue weighted by molar-refractivity contribution is -0.121. The minimum atomic E-state index is -0.200. The molecule has 25 heavy (non-hydrogen) atoms. The van der Waals surface area contributed by atoms with Crippen molar-refractivity contribution in [3.63, 3.8) is 0 Å². The average molecular weight is 339 g/mol. The van der Waals surface area contributed by atoms with Crippen LogP contribution in [0.3, 0.4) is 0 Å². The molecule has 6 heteroatoms. The molecule has 1 atom stereocenters. The van der Waals surface area contributed by atoms with Crippen LogP contribution in [0.15, 0.2) is 40.9 Å². The van der Waals surface area contributed by atoms with Crippen molar-refractivity contribution in [1.82, 2.24) is 15.4 Å². The maximum Gasteiger partial charge on any atom is 0.276 e. The Morgan fingerprint density at radius 1 is 1.28 bits per heavy atom. The maximum absolute atomic E-state index is 12.5. The highest BCUT2D eigenvalue weighted by molar-refractivity contribution is 5.92. The molecule has 0 unspecified atom stereocenters. The third-order valence-electron chi connectivity index (χ3n) is 5.36. The van der Waals surface area contributed by atoms with Gasteiger partial charge in [-0.1, -0.05) is 35.5 Å². The van der Waals surface area contributed by atoms with Gasteiger partial charge in [-0.15, -0.1) is 0 Å². The van der Waals surface area contributed by atoms with Crippen LogP contribution in [-0.4, -0.2) is 40.5 Å². The SMILES string of the molecule is Cc1cc(C(=O)N2CCC3(CC2)C[C@@H](c2ccccc2)C(=O)N3)no1. The van der Waals surface area contributed by atoms with Crippen LogP contribution in [0.4, 0.5) is 0 Å². The van der Waals surface area contributed by atoms with E-state index in [1.807, 2.05) is 30.3 Å². The average Bonchev–Trinajstić information content (AvgIpc) is 3.20. The van der Waals surface area contributed by atoms with E-state index in [4.69, 9.17) is 4.52 Å². The van der Waals surface area contributed by atoms with Gasteiger partial charge in [0.05, 0.1) is 5.92 Å². The molecule has 0 radical (unpaired) electrons. The molecule has 3 heterocycles. The topological polar surface area (TPSA) is 75.4 Å². The van der Waals surface area contributed by atoms with Crippen LogP contribution in [0.1, 0.15) is 47.0 Å². The Bertz CT molecular complexity index is 791. The van der Waals surface area contributed by atoms with Crippen molar-refractivity contribution >= 4 is 11.8 Å². The van der Waals surface area contributed by atoms with Gasteiger partial charge in [0.15, 0.2) is 5.69 Å². The Labute approximate surface area is 146 Å². The first-order chi connectivity index (χ1) is 12.1. The van der Waals surface area contributed by atoms with Crippen LogP contribution in [0.25, 0.3) is 0 Å². The number of likely N-dealkylation sites (tertiary alicyclic amines) is 1. The molecule has 2 amide bonds. The molecule has 2 aromatic rings. The second kappa shape index (κ2) is 6.02. The fraction of sp³-hybridized carbons (Fsp3) is 0.421. The van der Waals surface area contributed by atoms with Gasteiger partial charge in [-0.2, -0.15) is 0 Å². The summed E-state index contributed by atoms with van der Waals surface area (Å²) in [5.74, 6) is 0.529. The van der Waals surface area contributed by atoms with Crippen molar-refractivity contribution in [2.24, 2.45) is 0 Å². The third kappa shape index (κ3) is 2.92. The zero-order valence-electron chi connectivity index (χ0n) is 14.2. The first-order valence-corrected chi connectivity index (χ1v) is 8.66. The van der Waals surface area contributed by atoms with E-state index in [-0.39, 0.29) is 23.3 Å². The number of hydrogen-bond acceptors (Lipinski definition) is 4. The molecule has 2 saturated heterocycles. The highest BCUT2D eigenvalue weighted by Gasteiger charge is 2.46. The van der Waals surface area contributed by atoms with Crippen LogP contribution in [0, 0.1) is 6.92 Å². The molecule has 1 N–H and O–H groups in total. The van der Waals surface area contributed by atoms with E-state index in [0.29, 0.717) is 24.5 Å². The number of rotatable bonds is 2. The molecule has 2 aliphatic rings. The van der Waals surface area contributed by atoms with Crippen molar-refractivity contribution in [3.8, 4) is 0 Å². The van der Waals surface area contributed by atoms with E-state index in [9.17, 15) is 9.59 Å². The Morgan fingerprint density at radius 2 is 2.00 bits per heavy atom. The minimum absolute atomic E-state index is 0.0955. The summed E-state index contributed by atoms with van der Waals surface area (Å²) < 4.78 is 4.99. The van der Waals surface area contributed by atoms with Gasteiger partial charge >= 0.3 is 0 Å². The number of hydrogen-bond donors (Lipinski definition) is 1. The quantitative estimate of drug-likeness (QED) is 0.911. The third-order valence-corrected chi connectivity index (χ3v) is 5.36. The number of carbonyl (C=O) groups is 2. The van der Waals surface area contributed by atoms with Gasteiger partial charge in [0.25, 0.3) is 5.91 Å². The van der Waals surface area contributed by atoms with E-state index < -0.39 is 0 Å². The number of aromatic nitrogens is 1. The molecule has 6 nitrogen and oxygen atoms in total. The summed E-state index contributed by atoms with van der Waals surface area (Å²) in [6.45, 7) is 3.01. The van der Waals surface area contributed by atoms with Crippen LogP contribution >= 0.6 is 0 Å². The second-order valence-electron chi connectivity index (χ2n) is 7.05. The zero-order chi connectivity index (χ0) is 17.4. The van der Waals surface area contributed by atoms with Crippen LogP contribution < -0.4 is 5.32 Å². The van der Waals surface area contributed by atoms with Gasteiger partial charge < -0.3 is 14.7 Å². The van der Waals surface area contributed by atoms with E-state index in [2.05, 4.69) is 10.5 Å². The second-order valence-corrected chi connectivity index (χ2v) is 7.05. The Balaban J connectivity index is 1.43. The van der Waals surface area contributed by atoms with Crippen molar-refractivity contribution in [3.05, 3.63) is 53.4 Å². The molecule has 2 fully saturated rings. The van der Waals surface area contributed by atoms with Crippen molar-refractivity contribution in [2.75, 3.05) is 13.1 Å². The van der Waals surface area contributed by atoms with E-state index in [1.165, 1.54) is 0 Å². The number of amides is 2. The summed E-state index contributed by atoms with van der Waals surface area (Å²) in [6, 6.07) is 11.6. The first kappa shape index (κ1) is 15.9. The van der Waals surface area contributed by atoms with Crippen molar-refractivity contribution in [2.45, 2.75) is 37.6 Å². The van der Waals surface area contributed by atoms with E-state index in [1.54, 1.807) is 17.9 Å². The van der Waals surface area contributed by atoms with Gasteiger partial charge in [-0.3, -0.25) is 9.59 Å². The molecule has 0 bridgehead atoms. The lowest BCUT2D eigenvalue weighted by Crippen LogP contribution is -2.52. The van der Waals surface area contributed by atoms with Crippen LogP contribution in [-0.2, 0) is 4.79 Å². The summed E-state index contributed by atoms with van der Waals surface area (Å²) >= 11 is 0. The highest BCUT2D eigenvalue weighted by Crippen LogP contribution is 2.39. The zero-order valence-corrected chi connectivity index (χ0v) is 14.2. The Hall–Kier alpha value is -2.63. The van der Waals surface area contributed by atoms with E-state index in [0.717, 1.165) is 24.8 Å². The number of piperidine rings is 1. The van der Waals surface area contributed by atoms with Gasteiger partial charge in [0.1, 0.15) is 5.76 Å². The molecule has 4 rings (SSSR count). The predicted molar refractivity (Wildman–Crippen MR) is 91.1 cm³/mol. The van der Waals surface area contributed by atoms with E-state index >= 15 is 0 Å². The summed E-state index contributed by atoms with van der Waals surface area (Å²) in [7, 11) is 0. The number of nitrogens with one attached hydrogen (secondary N) is 1. The fourth-order valence-electron chi connectivity index (χ4n) is 3.93. The molecule has 0 aliphatic carbocycles. The first-order valence-electron chi connectivity index (χ1n) is 8.66. The number of carbonyl (C=O) groups excluding carboxylic acids is 2. The van der Waals surface area contributed by atoms with Gasteiger partial charge in [-0.25, -0.2) is 0 Å². The van der Waals surface area contributed by atoms with Crippen molar-refractivity contribution < 1.29 is 14.1 Å². The molecule has 1 aromatic heterocycles. The Morgan fingerprint density at radius 3 is 2.64 bits per heavy atom. The van der Waals surface area contributed by atoms with Gasteiger partial charge in [0, 0.05) is 24.7 Å². The van der Waals surface area contributed by atoms with Crippen LogP contribution in [0.5, 0.6) is 0 Å². The lowest BCUT2D eigenvalue weighted by atomic mass is 9.82. The standard InChI is InChI=1S/C19H21N3O3/c1-13-11-16(21-25-13)18(24)22-9-7-19(8-10-22)12-15(17(23)20-19)14-5-3-2-4-6-14/h2-6,11,15H,7-10,12H2,1H3,(H,20,23)/t15-/m0/s1. The molecular weight excluding hydrogens is 318 g/mol. The van der Waals surface area contributed by atoms with Crippen molar-refractivity contribution in [1.29, 1.82) is 0 Å². The van der Waals surface area contributed by atoms with Crippen LogP contribution in [0.2, 0.25) is 0 Å². The predicted octanol–water partition coefficient (Wildman–Crippen LogP) is 2.26. The van der Waals surface area contributed by atoms with Gasteiger partial charge in [-0.05, 0) is 31.7 Å². The molecular formula is C19H21N3O3. The number of benzene rings is 1. The normalized spacial score (nSPS) is 22.2. The fourth-order valence-corrected chi connectivity index (χ4v) is 3.93. The monoisotopic (exact) mass is 339 g/mol. The molecule has 2 aliphatic heterocycles. The number of aryl methyl sites for hydroxylation is 1. The molecule has 1 aromatic carbocycles. The summed E-state index contributed by atoms with van der Waals surface area (Å²) in [6.07, 6.45) is 2.33. The number of nitrogens with zero attached hydrogens (tertiary/aromatic N) is 2. The summed E-state index contributed by atoms with van der Waals surface area (Å²) in [5, 5.41) is 7.02.